The first-order chi connectivity index (χ1) is 7.87. The highest BCUT2D eigenvalue weighted by Crippen LogP contribution is 2.25. The molecule has 1 aliphatic heterocycles. The van der Waals surface area contributed by atoms with Gasteiger partial charge in [0.25, 0.3) is 5.91 Å². The van der Waals surface area contributed by atoms with Gasteiger partial charge in [-0.15, -0.1) is 0 Å². The summed E-state index contributed by atoms with van der Waals surface area (Å²) in [5.74, 6) is 0.552. The van der Waals surface area contributed by atoms with Crippen LogP contribution >= 0.6 is 0 Å². The van der Waals surface area contributed by atoms with Crippen molar-refractivity contribution in [3.05, 3.63) is 17.2 Å². The van der Waals surface area contributed by atoms with E-state index in [-0.39, 0.29) is 11.3 Å². The summed E-state index contributed by atoms with van der Waals surface area (Å²) in [5.41, 5.74) is 1.38. The normalized spacial score (nSPS) is 20.4. The number of hydrogen-bond acceptors (Lipinski definition) is 3. The van der Waals surface area contributed by atoms with Gasteiger partial charge in [-0.1, -0.05) is 13.8 Å². The molecule has 2 rings (SSSR count). The van der Waals surface area contributed by atoms with Crippen LogP contribution in [0.25, 0.3) is 0 Å². The van der Waals surface area contributed by atoms with Crippen molar-refractivity contribution in [1.29, 1.82) is 0 Å². The third-order valence-electron chi connectivity index (χ3n) is 2.91. The van der Waals surface area contributed by atoms with Crippen molar-refractivity contribution in [3.8, 4) is 0 Å². The molecule has 94 valence electrons. The van der Waals surface area contributed by atoms with Crippen LogP contribution in [0.3, 0.4) is 0 Å². The van der Waals surface area contributed by atoms with Gasteiger partial charge < -0.3 is 15.4 Å². The summed E-state index contributed by atoms with van der Waals surface area (Å²) >= 11 is 0. The van der Waals surface area contributed by atoms with Gasteiger partial charge in [-0.2, -0.15) is 0 Å². The molecule has 0 saturated carbocycles. The summed E-state index contributed by atoms with van der Waals surface area (Å²) in [6, 6.07) is 0. The number of H-pyrrole nitrogens is 1. The minimum absolute atomic E-state index is 0.0234. The van der Waals surface area contributed by atoms with Crippen LogP contribution in [0.1, 0.15) is 42.8 Å². The Morgan fingerprint density at radius 1 is 1.53 bits per heavy atom. The van der Waals surface area contributed by atoms with Crippen LogP contribution in [0, 0.1) is 5.41 Å². The third kappa shape index (κ3) is 2.66. The second-order valence-electron chi connectivity index (χ2n) is 5.59. The molecule has 0 aromatic carbocycles. The predicted octanol–water partition coefficient (Wildman–Crippen LogP) is 0.645. The molecule has 0 aliphatic carbocycles. The lowest BCUT2D eigenvalue weighted by molar-refractivity contribution is 0.0940. The molecule has 0 fully saturated rings. The average Bonchev–Trinajstić information content (AvgIpc) is 2.51. The van der Waals surface area contributed by atoms with Gasteiger partial charge in [-0.05, 0) is 18.8 Å². The highest BCUT2D eigenvalue weighted by atomic mass is 16.3. The molecule has 0 spiro atoms. The molecule has 0 radical (unpaired) electrons. The number of nitrogens with zero attached hydrogens (tertiary/aromatic N) is 1. The highest BCUT2D eigenvalue weighted by molar-refractivity contribution is 5.93. The molecule has 5 heteroatoms. The van der Waals surface area contributed by atoms with E-state index < -0.39 is 6.10 Å². The van der Waals surface area contributed by atoms with Gasteiger partial charge in [-0.3, -0.25) is 4.79 Å². The van der Waals surface area contributed by atoms with Crippen LogP contribution in [0.5, 0.6) is 0 Å². The lowest BCUT2D eigenvalue weighted by Gasteiger charge is -2.21. The van der Waals surface area contributed by atoms with E-state index in [9.17, 15) is 9.90 Å². The predicted molar refractivity (Wildman–Crippen MR) is 63.8 cm³/mol. The number of aliphatic hydroxyl groups is 1. The quantitative estimate of drug-likeness (QED) is 0.706. The fourth-order valence-corrected chi connectivity index (χ4v) is 2.10. The zero-order valence-corrected chi connectivity index (χ0v) is 10.5. The van der Waals surface area contributed by atoms with Crippen LogP contribution in [0.2, 0.25) is 0 Å². The van der Waals surface area contributed by atoms with Crippen molar-refractivity contribution >= 4 is 5.91 Å². The first kappa shape index (κ1) is 12.1. The van der Waals surface area contributed by atoms with E-state index in [1.165, 1.54) is 0 Å². The van der Waals surface area contributed by atoms with Crippen molar-refractivity contribution < 1.29 is 9.90 Å². The van der Waals surface area contributed by atoms with E-state index in [1.54, 1.807) is 6.92 Å². The zero-order valence-electron chi connectivity index (χ0n) is 10.5. The van der Waals surface area contributed by atoms with E-state index >= 15 is 0 Å². The van der Waals surface area contributed by atoms with E-state index in [2.05, 4.69) is 29.1 Å². The largest absolute Gasteiger partial charge is 0.393 e. The number of imidazole rings is 1. The maximum atomic E-state index is 11.8. The molecule has 1 aliphatic rings. The Kier molecular flexibility index (Phi) is 2.95. The van der Waals surface area contributed by atoms with Gasteiger partial charge in [0.1, 0.15) is 11.5 Å². The Morgan fingerprint density at radius 3 is 2.88 bits per heavy atom. The van der Waals surface area contributed by atoms with Crippen LogP contribution in [-0.2, 0) is 12.8 Å². The number of fused-ring (bicyclic) bond motifs is 1. The van der Waals surface area contributed by atoms with Gasteiger partial charge in [0.15, 0.2) is 0 Å². The maximum Gasteiger partial charge on any atom is 0.271 e. The van der Waals surface area contributed by atoms with Crippen molar-refractivity contribution in [3.63, 3.8) is 0 Å². The topological polar surface area (TPSA) is 78.0 Å². The van der Waals surface area contributed by atoms with Gasteiger partial charge in [-0.25, -0.2) is 4.98 Å². The molecule has 0 unspecified atom stereocenters. The van der Waals surface area contributed by atoms with Crippen molar-refractivity contribution in [2.45, 2.75) is 39.7 Å². The lowest BCUT2D eigenvalue weighted by atomic mass is 9.88. The summed E-state index contributed by atoms with van der Waals surface area (Å²) < 4.78 is 0. The number of aliphatic hydroxyl groups excluding tert-OH is 1. The van der Waals surface area contributed by atoms with E-state index in [0.29, 0.717) is 24.5 Å². The SMILES string of the molecule is C[C@@H](O)Cc1nc2c([nH]1)CC(C)(C)CNC2=O. The molecule has 3 N–H and O–H groups in total. The molecular formula is C12H19N3O2. The standard InChI is InChI=1S/C12H19N3O2/c1-7(16)4-9-14-8-5-12(2,3)6-13-11(17)10(8)15-9/h7,16H,4-6H2,1-3H3,(H,13,17)(H,14,15)/t7-/m1/s1. The first-order valence-corrected chi connectivity index (χ1v) is 5.91. The molecule has 17 heavy (non-hydrogen) atoms. The number of amides is 1. The summed E-state index contributed by atoms with van der Waals surface area (Å²) in [6.07, 6.45) is 0.773. The number of hydrogen-bond donors (Lipinski definition) is 3. The lowest BCUT2D eigenvalue weighted by Crippen LogP contribution is -2.32. The van der Waals surface area contributed by atoms with E-state index in [1.807, 2.05) is 0 Å². The minimum atomic E-state index is -0.458. The minimum Gasteiger partial charge on any atom is -0.393 e. The first-order valence-electron chi connectivity index (χ1n) is 5.91. The Hall–Kier alpha value is -1.36. The molecule has 1 aromatic heterocycles. The summed E-state index contributed by atoms with van der Waals surface area (Å²) in [7, 11) is 0. The molecule has 1 amide bonds. The smallest absolute Gasteiger partial charge is 0.271 e. The zero-order chi connectivity index (χ0) is 12.6. The third-order valence-corrected chi connectivity index (χ3v) is 2.91. The molecule has 0 saturated heterocycles. The molecule has 1 atom stereocenters. The second-order valence-corrected chi connectivity index (χ2v) is 5.59. The highest BCUT2D eigenvalue weighted by Gasteiger charge is 2.29. The van der Waals surface area contributed by atoms with Gasteiger partial charge in [0.2, 0.25) is 0 Å². The molecule has 5 nitrogen and oxygen atoms in total. The maximum absolute atomic E-state index is 11.8. The Morgan fingerprint density at radius 2 is 2.24 bits per heavy atom. The summed E-state index contributed by atoms with van der Waals surface area (Å²) in [5, 5.41) is 12.2. The summed E-state index contributed by atoms with van der Waals surface area (Å²) in [6.45, 7) is 6.58. The number of nitrogens with one attached hydrogen (secondary N) is 2. The van der Waals surface area contributed by atoms with Gasteiger partial charge in [0.05, 0.1) is 6.10 Å². The van der Waals surface area contributed by atoms with E-state index in [4.69, 9.17) is 0 Å². The molecule has 1 aromatic rings. The van der Waals surface area contributed by atoms with Crippen LogP contribution < -0.4 is 5.32 Å². The Balaban J connectivity index is 2.32. The number of aromatic nitrogens is 2. The number of carbonyl (C=O) groups is 1. The Labute approximate surface area is 101 Å². The van der Waals surface area contributed by atoms with Crippen molar-refractivity contribution in [2.24, 2.45) is 5.41 Å². The average molecular weight is 237 g/mol. The van der Waals surface area contributed by atoms with Crippen molar-refractivity contribution in [1.82, 2.24) is 15.3 Å². The Bertz CT molecular complexity index is 435. The summed E-state index contributed by atoms with van der Waals surface area (Å²) in [4.78, 5) is 19.3. The van der Waals surface area contributed by atoms with Crippen LogP contribution in [0.4, 0.5) is 0 Å². The molecule has 2 heterocycles. The monoisotopic (exact) mass is 237 g/mol. The number of carbonyl (C=O) groups excluding carboxylic acids is 1. The second kappa shape index (κ2) is 4.14. The fourth-order valence-electron chi connectivity index (χ4n) is 2.10. The number of rotatable bonds is 2. The fraction of sp³-hybridized carbons (Fsp3) is 0.667. The van der Waals surface area contributed by atoms with Crippen LogP contribution in [0.15, 0.2) is 0 Å². The van der Waals surface area contributed by atoms with Crippen LogP contribution in [-0.4, -0.2) is 33.6 Å². The molecule has 0 bridgehead atoms. The number of aromatic amines is 1. The van der Waals surface area contributed by atoms with Crippen molar-refractivity contribution in [2.75, 3.05) is 6.54 Å². The van der Waals surface area contributed by atoms with Gasteiger partial charge in [0, 0.05) is 18.7 Å². The van der Waals surface area contributed by atoms with Gasteiger partial charge >= 0.3 is 0 Å². The van der Waals surface area contributed by atoms with E-state index in [0.717, 1.165) is 12.1 Å². The molecular weight excluding hydrogens is 218 g/mol.